The number of rotatable bonds is 6. The molecule has 0 radical (unpaired) electrons. The Kier molecular flexibility index (Phi) is 8.19. The van der Waals surface area contributed by atoms with Crippen molar-refractivity contribution < 1.29 is 8.83 Å². The highest BCUT2D eigenvalue weighted by Gasteiger charge is 2.19. The zero-order valence-corrected chi connectivity index (χ0v) is 18.8. The lowest BCUT2D eigenvalue weighted by molar-refractivity contribution is 0.383. The van der Waals surface area contributed by atoms with Gasteiger partial charge >= 0.3 is 0 Å². The van der Waals surface area contributed by atoms with Gasteiger partial charge in [0.25, 0.3) is 0 Å². The van der Waals surface area contributed by atoms with E-state index in [9.17, 15) is 0 Å². The summed E-state index contributed by atoms with van der Waals surface area (Å²) < 4.78 is 11.2. The molecule has 0 unspecified atom stereocenters. The van der Waals surface area contributed by atoms with Gasteiger partial charge < -0.3 is 19.5 Å². The Morgan fingerprint density at radius 3 is 2.70 bits per heavy atom. The highest BCUT2D eigenvalue weighted by Crippen LogP contribution is 2.23. The molecule has 0 spiro atoms. The lowest BCUT2D eigenvalue weighted by Crippen LogP contribution is -2.43. The van der Waals surface area contributed by atoms with Gasteiger partial charge in [-0.1, -0.05) is 33.6 Å². The Hall–Kier alpha value is -1.51. The number of aromatic nitrogens is 1. The number of furan rings is 1. The third-order valence-corrected chi connectivity index (χ3v) is 4.61. The number of guanidine groups is 1. The highest BCUT2D eigenvalue weighted by atomic mass is 127. The molecule has 0 aromatic carbocycles. The van der Waals surface area contributed by atoms with Crippen molar-refractivity contribution in [2.75, 3.05) is 6.54 Å². The molecule has 0 atom stereocenters. The first kappa shape index (κ1) is 21.8. The van der Waals surface area contributed by atoms with Crippen LogP contribution in [0.3, 0.4) is 0 Å². The number of hydrogen-bond donors (Lipinski definition) is 2. The van der Waals surface area contributed by atoms with E-state index in [1.165, 1.54) is 25.7 Å². The van der Waals surface area contributed by atoms with E-state index in [0.717, 1.165) is 30.4 Å². The summed E-state index contributed by atoms with van der Waals surface area (Å²) in [5.41, 5.74) is -0.0405. The second kappa shape index (κ2) is 10.1. The van der Waals surface area contributed by atoms with Crippen molar-refractivity contribution in [3.63, 3.8) is 0 Å². The molecule has 0 bridgehead atoms. The molecule has 3 rings (SSSR count). The van der Waals surface area contributed by atoms with Crippen LogP contribution in [0.1, 0.15) is 63.9 Å². The molecule has 0 aliphatic heterocycles. The van der Waals surface area contributed by atoms with Crippen LogP contribution in [0.25, 0.3) is 0 Å². The zero-order valence-electron chi connectivity index (χ0n) is 16.5. The number of nitrogens with one attached hydrogen (secondary N) is 2. The van der Waals surface area contributed by atoms with Crippen molar-refractivity contribution in [3.8, 4) is 0 Å². The summed E-state index contributed by atoms with van der Waals surface area (Å²) in [4.78, 5) is 9.04. The third-order valence-electron chi connectivity index (χ3n) is 4.61. The van der Waals surface area contributed by atoms with Gasteiger partial charge in [-0.2, -0.15) is 0 Å². The lowest BCUT2D eigenvalue weighted by Gasteiger charge is -2.17. The number of oxazole rings is 1. The van der Waals surface area contributed by atoms with E-state index < -0.39 is 0 Å². The van der Waals surface area contributed by atoms with E-state index in [4.69, 9.17) is 8.83 Å². The van der Waals surface area contributed by atoms with Crippen molar-refractivity contribution in [3.05, 3.63) is 42.0 Å². The van der Waals surface area contributed by atoms with Crippen LogP contribution in [0.2, 0.25) is 0 Å². The predicted molar refractivity (Wildman–Crippen MR) is 118 cm³/mol. The molecule has 2 N–H and O–H groups in total. The van der Waals surface area contributed by atoms with Gasteiger partial charge in [-0.05, 0) is 25.0 Å². The molecule has 6 nitrogen and oxygen atoms in total. The number of hydrogen-bond acceptors (Lipinski definition) is 4. The smallest absolute Gasteiger partial charge is 0.216 e. The van der Waals surface area contributed by atoms with Crippen LogP contribution < -0.4 is 10.6 Å². The monoisotopic (exact) mass is 486 g/mol. The van der Waals surface area contributed by atoms with Crippen molar-refractivity contribution >= 4 is 29.9 Å². The molecule has 1 aliphatic carbocycles. The molecule has 0 saturated heterocycles. The molecule has 2 aromatic rings. The lowest BCUT2D eigenvalue weighted by atomic mass is 9.94. The van der Waals surface area contributed by atoms with Crippen LogP contribution >= 0.6 is 24.0 Å². The standard InChI is InChI=1S/C20H30N4O2.HI/c1-20(2,3)17-13-22-18(26-17)14-23-19(24-15-7-4-5-8-15)21-11-10-16-9-6-12-25-16;/h6,9,12-13,15H,4-5,7-8,10-11,14H2,1-3H3,(H2,21,23,24);1H. The molecular weight excluding hydrogens is 455 g/mol. The first-order valence-electron chi connectivity index (χ1n) is 9.53. The van der Waals surface area contributed by atoms with Gasteiger partial charge in [0.15, 0.2) is 5.96 Å². The molecular formula is C20H31IN4O2. The Morgan fingerprint density at radius 1 is 1.30 bits per heavy atom. The fourth-order valence-corrected chi connectivity index (χ4v) is 3.05. The summed E-state index contributed by atoms with van der Waals surface area (Å²) in [6, 6.07) is 4.40. The predicted octanol–water partition coefficient (Wildman–Crippen LogP) is 4.40. The minimum Gasteiger partial charge on any atom is -0.469 e. The van der Waals surface area contributed by atoms with Gasteiger partial charge in [-0.25, -0.2) is 9.98 Å². The SMILES string of the molecule is CC(C)(C)c1cnc(CN=C(NCCc2ccco2)NC2CCCC2)o1.I. The Morgan fingerprint density at radius 2 is 2.07 bits per heavy atom. The molecule has 1 aliphatic rings. The van der Waals surface area contributed by atoms with Gasteiger partial charge in [0.1, 0.15) is 18.1 Å². The Labute approximate surface area is 178 Å². The van der Waals surface area contributed by atoms with E-state index in [1.807, 2.05) is 12.1 Å². The molecule has 2 aromatic heterocycles. The zero-order chi connectivity index (χ0) is 18.4. The van der Waals surface area contributed by atoms with E-state index in [-0.39, 0.29) is 29.4 Å². The first-order valence-corrected chi connectivity index (χ1v) is 9.53. The third kappa shape index (κ3) is 6.86. The summed E-state index contributed by atoms with van der Waals surface area (Å²) >= 11 is 0. The average Bonchev–Trinajstić information content (AvgIpc) is 3.34. The second-order valence-electron chi connectivity index (χ2n) is 7.91. The highest BCUT2D eigenvalue weighted by molar-refractivity contribution is 14.0. The summed E-state index contributed by atoms with van der Waals surface area (Å²) in [6.45, 7) is 7.54. The largest absolute Gasteiger partial charge is 0.469 e. The maximum absolute atomic E-state index is 5.84. The normalized spacial score (nSPS) is 15.6. The molecule has 7 heteroatoms. The van der Waals surface area contributed by atoms with Gasteiger partial charge in [0, 0.05) is 24.4 Å². The van der Waals surface area contributed by atoms with Crippen LogP contribution in [0.15, 0.2) is 38.4 Å². The van der Waals surface area contributed by atoms with Crippen LogP contribution in [0.5, 0.6) is 0 Å². The maximum atomic E-state index is 5.84. The van der Waals surface area contributed by atoms with E-state index in [2.05, 4.69) is 41.4 Å². The topological polar surface area (TPSA) is 75.6 Å². The van der Waals surface area contributed by atoms with Crippen LogP contribution in [0, 0.1) is 0 Å². The Bertz CT molecular complexity index is 698. The van der Waals surface area contributed by atoms with Crippen molar-refractivity contribution in [1.82, 2.24) is 15.6 Å². The van der Waals surface area contributed by atoms with Gasteiger partial charge in [0.2, 0.25) is 5.89 Å². The van der Waals surface area contributed by atoms with Crippen molar-refractivity contribution in [2.45, 2.75) is 70.9 Å². The minimum absolute atomic E-state index is 0. The van der Waals surface area contributed by atoms with Gasteiger partial charge in [-0.15, -0.1) is 24.0 Å². The second-order valence-corrected chi connectivity index (χ2v) is 7.91. The molecule has 2 heterocycles. The quantitative estimate of drug-likeness (QED) is 0.360. The Balaban J connectivity index is 0.00000261. The minimum atomic E-state index is -0.0405. The number of aliphatic imine (C=N–C) groups is 1. The fraction of sp³-hybridized carbons (Fsp3) is 0.600. The van der Waals surface area contributed by atoms with E-state index in [0.29, 0.717) is 18.5 Å². The van der Waals surface area contributed by atoms with E-state index >= 15 is 0 Å². The maximum Gasteiger partial charge on any atom is 0.216 e. The summed E-state index contributed by atoms with van der Waals surface area (Å²) in [5.74, 6) is 3.33. The van der Waals surface area contributed by atoms with Gasteiger partial charge in [0.05, 0.1) is 12.5 Å². The van der Waals surface area contributed by atoms with Crippen LogP contribution in [0.4, 0.5) is 0 Å². The van der Waals surface area contributed by atoms with E-state index in [1.54, 1.807) is 12.5 Å². The number of halogens is 1. The molecule has 150 valence electrons. The first-order chi connectivity index (χ1) is 12.5. The molecule has 1 fully saturated rings. The van der Waals surface area contributed by atoms with Crippen molar-refractivity contribution in [2.24, 2.45) is 4.99 Å². The van der Waals surface area contributed by atoms with Crippen LogP contribution in [-0.2, 0) is 18.4 Å². The molecule has 27 heavy (non-hydrogen) atoms. The average molecular weight is 486 g/mol. The molecule has 0 amide bonds. The molecule has 1 saturated carbocycles. The summed E-state index contributed by atoms with van der Waals surface area (Å²) in [7, 11) is 0. The van der Waals surface area contributed by atoms with Gasteiger partial charge in [-0.3, -0.25) is 0 Å². The van der Waals surface area contributed by atoms with Crippen LogP contribution in [-0.4, -0.2) is 23.5 Å². The van der Waals surface area contributed by atoms with Crippen molar-refractivity contribution in [1.29, 1.82) is 0 Å². The summed E-state index contributed by atoms with van der Waals surface area (Å²) in [6.07, 6.45) is 9.30. The summed E-state index contributed by atoms with van der Waals surface area (Å²) in [5, 5.41) is 6.94. The number of nitrogens with zero attached hydrogens (tertiary/aromatic N) is 2. The fourth-order valence-electron chi connectivity index (χ4n) is 3.05.